The van der Waals surface area contributed by atoms with Gasteiger partial charge in [-0.05, 0) is 63.1 Å². The van der Waals surface area contributed by atoms with Gasteiger partial charge in [0.15, 0.2) is 0 Å². The van der Waals surface area contributed by atoms with E-state index >= 15 is 0 Å². The number of rotatable bonds is 6. The summed E-state index contributed by atoms with van der Waals surface area (Å²) in [5.74, 6) is 0.520. The number of nitrogens with zero attached hydrogens (tertiary/aromatic N) is 6. The number of aromatic nitrogens is 2. The van der Waals surface area contributed by atoms with Crippen molar-refractivity contribution in [2.75, 3.05) is 38.2 Å². The van der Waals surface area contributed by atoms with E-state index in [0.717, 1.165) is 29.7 Å². The maximum absolute atomic E-state index is 13.5. The molecule has 0 N–H and O–H groups in total. The molecule has 0 aliphatic carbocycles. The van der Waals surface area contributed by atoms with Gasteiger partial charge in [0.25, 0.3) is 0 Å². The fraction of sp³-hybridized carbons (Fsp3) is 0.467. The van der Waals surface area contributed by atoms with Crippen molar-refractivity contribution in [3.05, 3.63) is 59.9 Å². The van der Waals surface area contributed by atoms with Crippen LogP contribution < -0.4 is 9.64 Å². The largest absolute Gasteiger partial charge is 0.497 e. The Morgan fingerprint density at radius 3 is 2.46 bits per heavy atom. The summed E-state index contributed by atoms with van der Waals surface area (Å²) in [6.45, 7) is 10.9. The second kappa shape index (κ2) is 11.4. The highest BCUT2D eigenvalue weighted by molar-refractivity contribution is 6.07. The summed E-state index contributed by atoms with van der Waals surface area (Å²) in [6, 6.07) is 11.1. The Bertz CT molecular complexity index is 1430. The molecule has 2 aliphatic rings. The molecule has 1 atom stereocenters. The third-order valence-corrected chi connectivity index (χ3v) is 7.41. The predicted molar refractivity (Wildman–Crippen MR) is 154 cm³/mol. The maximum Gasteiger partial charge on any atom is 0.410 e. The standard InChI is InChI=1S/C30H38N6O5/c1-21-18-32(14-15-33(21)29(39)41-30(2,3)4)19-23-10-13-36-25(16-23)26(17-31-36)34-12-11-27(37)35(28(34)38)20-22-6-8-24(40-5)9-7-22/h6-10,13,16-17,21H,11-12,14-15,18-20H2,1-5H3/t21-/m0/s1. The zero-order valence-electron chi connectivity index (χ0n) is 24.4. The zero-order chi connectivity index (χ0) is 29.3. The van der Waals surface area contributed by atoms with Crippen LogP contribution in [0.25, 0.3) is 5.52 Å². The molecule has 0 unspecified atom stereocenters. The number of amides is 4. The van der Waals surface area contributed by atoms with Crippen molar-refractivity contribution in [1.29, 1.82) is 0 Å². The van der Waals surface area contributed by atoms with E-state index < -0.39 is 5.60 Å². The lowest BCUT2D eigenvalue weighted by molar-refractivity contribution is -0.129. The van der Waals surface area contributed by atoms with Crippen LogP contribution in [0, 0.1) is 0 Å². The Balaban J connectivity index is 1.29. The summed E-state index contributed by atoms with van der Waals surface area (Å²) >= 11 is 0. The Labute approximate surface area is 240 Å². The number of anilines is 1. The number of ether oxygens (including phenoxy) is 2. The second-order valence-electron chi connectivity index (χ2n) is 11.7. The number of piperazine rings is 1. The van der Waals surface area contributed by atoms with Gasteiger partial charge in [0.05, 0.1) is 31.1 Å². The van der Waals surface area contributed by atoms with E-state index in [9.17, 15) is 14.4 Å². The maximum atomic E-state index is 13.5. The molecule has 0 radical (unpaired) electrons. The van der Waals surface area contributed by atoms with Crippen LogP contribution in [-0.2, 0) is 22.6 Å². The smallest absolute Gasteiger partial charge is 0.410 e. The fourth-order valence-electron chi connectivity index (χ4n) is 5.33. The van der Waals surface area contributed by atoms with Crippen molar-refractivity contribution < 1.29 is 23.9 Å². The van der Waals surface area contributed by atoms with Gasteiger partial charge in [-0.3, -0.25) is 19.5 Å². The quantitative estimate of drug-likeness (QED) is 0.445. The number of pyridine rings is 1. The SMILES string of the molecule is COc1ccc(CN2C(=O)CCN(c3cnn4ccc(CN5CCN(C(=O)OC(C)(C)C)[C@@H](C)C5)cc34)C2=O)cc1. The molecule has 0 spiro atoms. The molecule has 1 aromatic carbocycles. The third-order valence-electron chi connectivity index (χ3n) is 7.41. The number of benzene rings is 1. The van der Waals surface area contributed by atoms with Gasteiger partial charge in [-0.2, -0.15) is 5.10 Å². The minimum atomic E-state index is -0.526. The summed E-state index contributed by atoms with van der Waals surface area (Å²) in [4.78, 5) is 45.9. The summed E-state index contributed by atoms with van der Waals surface area (Å²) in [5.41, 5.74) is 2.87. The fourth-order valence-corrected chi connectivity index (χ4v) is 5.33. The van der Waals surface area contributed by atoms with Crippen LogP contribution in [0.2, 0.25) is 0 Å². The lowest BCUT2D eigenvalue weighted by atomic mass is 10.1. The van der Waals surface area contributed by atoms with E-state index in [0.29, 0.717) is 31.1 Å². The van der Waals surface area contributed by atoms with Gasteiger partial charge in [-0.15, -0.1) is 0 Å². The van der Waals surface area contributed by atoms with Crippen molar-refractivity contribution in [1.82, 2.24) is 24.3 Å². The van der Waals surface area contributed by atoms with Crippen LogP contribution >= 0.6 is 0 Å². The lowest BCUT2D eigenvalue weighted by Crippen LogP contribution is -2.54. The van der Waals surface area contributed by atoms with Gasteiger partial charge >= 0.3 is 12.1 Å². The first-order valence-corrected chi connectivity index (χ1v) is 14.0. The van der Waals surface area contributed by atoms with Gasteiger partial charge < -0.3 is 14.4 Å². The van der Waals surface area contributed by atoms with Crippen LogP contribution in [-0.4, -0.2) is 87.3 Å². The van der Waals surface area contributed by atoms with E-state index in [2.05, 4.69) is 10.00 Å². The van der Waals surface area contributed by atoms with Crippen molar-refractivity contribution >= 4 is 29.2 Å². The molecule has 41 heavy (non-hydrogen) atoms. The predicted octanol–water partition coefficient (Wildman–Crippen LogP) is 4.14. The van der Waals surface area contributed by atoms with Gasteiger partial charge in [0.1, 0.15) is 11.4 Å². The number of carbonyl (C=O) groups excluding carboxylic acids is 3. The van der Waals surface area contributed by atoms with E-state index in [1.165, 1.54) is 4.90 Å². The van der Waals surface area contributed by atoms with Crippen LogP contribution in [0.15, 0.2) is 48.8 Å². The molecule has 5 rings (SSSR count). The molecular formula is C30H38N6O5. The van der Waals surface area contributed by atoms with Crippen molar-refractivity contribution in [3.8, 4) is 5.75 Å². The highest BCUT2D eigenvalue weighted by Crippen LogP contribution is 2.28. The molecular weight excluding hydrogens is 524 g/mol. The average molecular weight is 563 g/mol. The van der Waals surface area contributed by atoms with E-state index in [4.69, 9.17) is 9.47 Å². The molecule has 2 fully saturated rings. The second-order valence-corrected chi connectivity index (χ2v) is 11.7. The number of carbonyl (C=O) groups is 3. The number of hydrogen-bond donors (Lipinski definition) is 0. The minimum Gasteiger partial charge on any atom is -0.497 e. The lowest BCUT2D eigenvalue weighted by Gasteiger charge is -2.40. The summed E-state index contributed by atoms with van der Waals surface area (Å²) in [5, 5.41) is 4.47. The summed E-state index contributed by atoms with van der Waals surface area (Å²) in [6.07, 6.45) is 3.53. The average Bonchev–Trinajstić information content (AvgIpc) is 3.33. The Kier molecular flexibility index (Phi) is 7.90. The van der Waals surface area contributed by atoms with Crippen molar-refractivity contribution in [2.45, 2.75) is 58.8 Å². The molecule has 0 bridgehead atoms. The van der Waals surface area contributed by atoms with E-state index in [1.54, 1.807) is 27.6 Å². The van der Waals surface area contributed by atoms with Gasteiger partial charge in [0, 0.05) is 51.4 Å². The molecule has 0 saturated carbocycles. The number of urea groups is 1. The summed E-state index contributed by atoms with van der Waals surface area (Å²) < 4.78 is 12.5. The zero-order valence-corrected chi connectivity index (χ0v) is 24.4. The Morgan fingerprint density at radius 2 is 1.78 bits per heavy atom. The molecule has 4 amide bonds. The van der Waals surface area contributed by atoms with Crippen LogP contribution in [0.1, 0.15) is 45.2 Å². The molecule has 3 aromatic rings. The first-order chi connectivity index (χ1) is 19.5. The van der Waals surface area contributed by atoms with Gasteiger partial charge in [-0.1, -0.05) is 12.1 Å². The number of fused-ring (bicyclic) bond motifs is 1. The molecule has 4 heterocycles. The molecule has 218 valence electrons. The Morgan fingerprint density at radius 1 is 1.02 bits per heavy atom. The highest BCUT2D eigenvalue weighted by atomic mass is 16.6. The van der Waals surface area contributed by atoms with E-state index in [-0.39, 0.29) is 37.0 Å². The summed E-state index contributed by atoms with van der Waals surface area (Å²) in [7, 11) is 1.60. The van der Waals surface area contributed by atoms with Gasteiger partial charge in [-0.25, -0.2) is 14.1 Å². The van der Waals surface area contributed by atoms with Gasteiger partial charge in [0.2, 0.25) is 5.91 Å². The molecule has 11 nitrogen and oxygen atoms in total. The first-order valence-electron chi connectivity index (χ1n) is 14.0. The van der Waals surface area contributed by atoms with E-state index in [1.807, 2.05) is 70.3 Å². The topological polar surface area (TPSA) is 99.9 Å². The normalized spacial score (nSPS) is 18.8. The molecule has 2 aromatic heterocycles. The molecule has 11 heteroatoms. The van der Waals surface area contributed by atoms with Crippen LogP contribution in [0.4, 0.5) is 15.3 Å². The number of methoxy groups -OCH3 is 1. The first kappa shape index (κ1) is 28.4. The Hall–Kier alpha value is -4.12. The van der Waals surface area contributed by atoms with Crippen LogP contribution in [0.5, 0.6) is 5.75 Å². The number of hydrogen-bond acceptors (Lipinski definition) is 7. The number of imide groups is 1. The van der Waals surface area contributed by atoms with Crippen LogP contribution in [0.3, 0.4) is 0 Å². The molecule has 2 aliphatic heterocycles. The minimum absolute atomic E-state index is 0.0213. The monoisotopic (exact) mass is 562 g/mol. The van der Waals surface area contributed by atoms with Crippen molar-refractivity contribution in [3.63, 3.8) is 0 Å². The molecule has 2 saturated heterocycles. The third kappa shape index (κ3) is 6.30. The highest BCUT2D eigenvalue weighted by Gasteiger charge is 2.35. The van der Waals surface area contributed by atoms with Crippen molar-refractivity contribution in [2.24, 2.45) is 0 Å².